The van der Waals surface area contributed by atoms with Crippen molar-refractivity contribution < 1.29 is 14.0 Å². The predicted octanol–water partition coefficient (Wildman–Crippen LogP) is 3.02. The molecule has 1 fully saturated rings. The molecule has 5 nitrogen and oxygen atoms in total. The minimum Gasteiger partial charge on any atom is -0.356 e. The van der Waals surface area contributed by atoms with Crippen molar-refractivity contribution >= 4 is 23.4 Å². The molecule has 1 aromatic heterocycles. The summed E-state index contributed by atoms with van der Waals surface area (Å²) in [5.41, 5.74) is 1.06. The Bertz CT molecular complexity index is 785. The van der Waals surface area contributed by atoms with E-state index in [0.717, 1.165) is 0 Å². The summed E-state index contributed by atoms with van der Waals surface area (Å²) in [4.78, 5) is 29.2. The lowest BCUT2D eigenvalue weighted by Crippen LogP contribution is -2.43. The average molecular weight is 378 g/mol. The highest BCUT2D eigenvalue weighted by Crippen LogP contribution is 2.20. The zero-order chi connectivity index (χ0) is 18.5. The van der Waals surface area contributed by atoms with Gasteiger partial charge in [0.2, 0.25) is 5.91 Å². The largest absolute Gasteiger partial charge is 0.356 e. The number of hydrogen-bond acceptors (Lipinski definition) is 2. The van der Waals surface area contributed by atoms with Crippen LogP contribution in [0.5, 0.6) is 0 Å². The molecule has 0 radical (unpaired) electrons. The van der Waals surface area contributed by atoms with Gasteiger partial charge in [-0.3, -0.25) is 9.59 Å². The van der Waals surface area contributed by atoms with Crippen molar-refractivity contribution in [1.29, 1.82) is 0 Å². The van der Waals surface area contributed by atoms with Crippen molar-refractivity contribution in [2.75, 3.05) is 19.6 Å². The lowest BCUT2D eigenvalue weighted by atomic mass is 9.95. The number of H-pyrrole nitrogens is 1. The van der Waals surface area contributed by atoms with Crippen LogP contribution in [0.1, 0.15) is 28.9 Å². The standard InChI is InChI=1S/C19H21ClFN3O2/c20-15-11-17(23-12-15)19(26)24-9-6-14(7-10-24)18(25)22-8-5-13-3-1-2-4-16(13)21/h1-4,11-12,14,23H,5-10H2,(H,22,25). The number of amides is 2. The number of carbonyl (C=O) groups excluding carboxylic acids is 2. The molecular formula is C19H21ClFN3O2. The van der Waals surface area contributed by atoms with E-state index in [9.17, 15) is 14.0 Å². The highest BCUT2D eigenvalue weighted by molar-refractivity contribution is 6.30. The number of hydrogen-bond donors (Lipinski definition) is 2. The van der Waals surface area contributed by atoms with Crippen LogP contribution in [-0.2, 0) is 11.2 Å². The third-order valence-corrected chi connectivity index (χ3v) is 4.90. The van der Waals surface area contributed by atoms with Crippen LogP contribution in [0.25, 0.3) is 0 Å². The van der Waals surface area contributed by atoms with Gasteiger partial charge in [-0.2, -0.15) is 0 Å². The maximum Gasteiger partial charge on any atom is 0.270 e. The highest BCUT2D eigenvalue weighted by Gasteiger charge is 2.28. The maximum atomic E-state index is 13.6. The van der Waals surface area contributed by atoms with E-state index < -0.39 is 0 Å². The van der Waals surface area contributed by atoms with Crippen LogP contribution in [0.3, 0.4) is 0 Å². The zero-order valence-electron chi connectivity index (χ0n) is 14.3. The number of halogens is 2. The average Bonchev–Trinajstić information content (AvgIpc) is 3.09. The van der Waals surface area contributed by atoms with E-state index in [2.05, 4.69) is 10.3 Å². The van der Waals surface area contributed by atoms with Crippen LogP contribution in [-0.4, -0.2) is 41.3 Å². The minimum atomic E-state index is -0.252. The molecule has 0 bridgehead atoms. The summed E-state index contributed by atoms with van der Waals surface area (Å²) in [6, 6.07) is 8.17. The Balaban J connectivity index is 1.43. The Labute approximate surface area is 156 Å². The Kier molecular flexibility index (Phi) is 5.93. The van der Waals surface area contributed by atoms with Gasteiger partial charge in [-0.25, -0.2) is 4.39 Å². The molecule has 138 valence electrons. The van der Waals surface area contributed by atoms with Crippen molar-refractivity contribution in [3.05, 3.63) is 58.6 Å². The SMILES string of the molecule is O=C(NCCc1ccccc1F)C1CCN(C(=O)c2cc(Cl)c[nH]2)CC1. The third kappa shape index (κ3) is 4.43. The van der Waals surface area contributed by atoms with Gasteiger partial charge in [0.1, 0.15) is 11.5 Å². The lowest BCUT2D eigenvalue weighted by molar-refractivity contribution is -0.126. The molecule has 2 aromatic rings. The first-order valence-electron chi connectivity index (χ1n) is 8.69. The number of carbonyl (C=O) groups is 2. The predicted molar refractivity (Wildman–Crippen MR) is 97.5 cm³/mol. The Morgan fingerprint density at radius 2 is 2.00 bits per heavy atom. The second-order valence-electron chi connectivity index (χ2n) is 6.43. The van der Waals surface area contributed by atoms with Crippen LogP contribution in [0.15, 0.2) is 36.5 Å². The second-order valence-corrected chi connectivity index (χ2v) is 6.87. The van der Waals surface area contributed by atoms with Gasteiger partial charge in [0, 0.05) is 31.7 Å². The molecule has 0 unspecified atom stereocenters. The van der Waals surface area contributed by atoms with E-state index in [1.807, 2.05) is 0 Å². The van der Waals surface area contributed by atoms with Crippen molar-refractivity contribution in [1.82, 2.24) is 15.2 Å². The number of nitrogens with zero attached hydrogens (tertiary/aromatic N) is 1. The number of rotatable bonds is 5. The molecule has 3 rings (SSSR count). The number of benzene rings is 1. The van der Waals surface area contributed by atoms with Gasteiger partial charge in [-0.15, -0.1) is 0 Å². The van der Waals surface area contributed by atoms with E-state index in [1.54, 1.807) is 35.4 Å². The molecule has 1 aliphatic rings. The molecule has 2 N–H and O–H groups in total. The van der Waals surface area contributed by atoms with Crippen LogP contribution in [0.4, 0.5) is 4.39 Å². The second kappa shape index (κ2) is 8.36. The Morgan fingerprint density at radius 3 is 2.65 bits per heavy atom. The molecule has 0 saturated carbocycles. The van der Waals surface area contributed by atoms with E-state index >= 15 is 0 Å². The molecule has 0 aliphatic carbocycles. The monoisotopic (exact) mass is 377 g/mol. The molecule has 0 atom stereocenters. The van der Waals surface area contributed by atoms with Gasteiger partial charge in [0.05, 0.1) is 5.02 Å². The van der Waals surface area contributed by atoms with Gasteiger partial charge < -0.3 is 15.2 Å². The summed E-state index contributed by atoms with van der Waals surface area (Å²) in [5, 5.41) is 3.37. The molecule has 1 saturated heterocycles. The van der Waals surface area contributed by atoms with Crippen molar-refractivity contribution in [2.24, 2.45) is 5.92 Å². The molecule has 1 aliphatic heterocycles. The molecule has 1 aromatic carbocycles. The van der Waals surface area contributed by atoms with Crippen molar-refractivity contribution in [3.63, 3.8) is 0 Å². The Morgan fingerprint density at radius 1 is 1.27 bits per heavy atom. The summed E-state index contributed by atoms with van der Waals surface area (Å²) < 4.78 is 13.6. The molecular weight excluding hydrogens is 357 g/mol. The van der Waals surface area contributed by atoms with Gasteiger partial charge >= 0.3 is 0 Å². The van der Waals surface area contributed by atoms with Crippen LogP contribution < -0.4 is 5.32 Å². The normalized spacial score (nSPS) is 15.1. The number of aromatic amines is 1. The van der Waals surface area contributed by atoms with E-state index in [-0.39, 0.29) is 23.5 Å². The minimum absolute atomic E-state index is 0.0312. The van der Waals surface area contributed by atoms with Crippen LogP contribution >= 0.6 is 11.6 Å². The fourth-order valence-electron chi connectivity index (χ4n) is 3.17. The number of piperidine rings is 1. The maximum absolute atomic E-state index is 13.6. The molecule has 2 heterocycles. The van der Waals surface area contributed by atoms with Gasteiger partial charge in [-0.05, 0) is 37.0 Å². The third-order valence-electron chi connectivity index (χ3n) is 4.68. The number of aromatic nitrogens is 1. The highest BCUT2D eigenvalue weighted by atomic mass is 35.5. The zero-order valence-corrected chi connectivity index (χ0v) is 15.1. The summed E-state index contributed by atoms with van der Waals surface area (Å²) in [7, 11) is 0. The van der Waals surface area contributed by atoms with Crippen LogP contribution in [0, 0.1) is 11.7 Å². The van der Waals surface area contributed by atoms with E-state index in [4.69, 9.17) is 11.6 Å². The van der Waals surface area contributed by atoms with Crippen molar-refractivity contribution in [2.45, 2.75) is 19.3 Å². The smallest absolute Gasteiger partial charge is 0.270 e. The fourth-order valence-corrected chi connectivity index (χ4v) is 3.34. The van der Waals surface area contributed by atoms with Gasteiger partial charge in [0.25, 0.3) is 5.91 Å². The number of nitrogens with one attached hydrogen (secondary N) is 2. The molecule has 2 amide bonds. The number of likely N-dealkylation sites (tertiary alicyclic amines) is 1. The van der Waals surface area contributed by atoms with Crippen molar-refractivity contribution in [3.8, 4) is 0 Å². The van der Waals surface area contributed by atoms with Crippen LogP contribution in [0.2, 0.25) is 5.02 Å². The summed E-state index contributed by atoms with van der Waals surface area (Å²) in [6.07, 6.45) is 3.27. The fraction of sp³-hybridized carbons (Fsp3) is 0.368. The first-order valence-corrected chi connectivity index (χ1v) is 9.06. The molecule has 0 spiro atoms. The molecule has 7 heteroatoms. The summed E-state index contributed by atoms with van der Waals surface area (Å²) in [6.45, 7) is 1.46. The van der Waals surface area contributed by atoms with E-state index in [0.29, 0.717) is 55.2 Å². The quantitative estimate of drug-likeness (QED) is 0.841. The molecule has 26 heavy (non-hydrogen) atoms. The lowest BCUT2D eigenvalue weighted by Gasteiger charge is -2.31. The van der Waals surface area contributed by atoms with Gasteiger partial charge in [0.15, 0.2) is 0 Å². The first kappa shape index (κ1) is 18.5. The first-order chi connectivity index (χ1) is 12.5. The van der Waals surface area contributed by atoms with Gasteiger partial charge in [-0.1, -0.05) is 29.8 Å². The Hall–Kier alpha value is -2.34. The van der Waals surface area contributed by atoms with E-state index in [1.165, 1.54) is 6.07 Å². The summed E-state index contributed by atoms with van der Waals surface area (Å²) >= 11 is 5.83. The summed E-state index contributed by atoms with van der Waals surface area (Å²) in [5.74, 6) is -0.503. The topological polar surface area (TPSA) is 65.2 Å².